The number of allylic oxidation sites excluding steroid dienone is 2. The largest absolute Gasteiger partial charge is 0.0772 e. The van der Waals surface area contributed by atoms with E-state index in [0.29, 0.717) is 0 Å². The van der Waals surface area contributed by atoms with Crippen LogP contribution in [0.1, 0.15) is 80.1 Å². The highest BCUT2D eigenvalue weighted by Crippen LogP contribution is 2.25. The fourth-order valence-corrected chi connectivity index (χ4v) is 2.35. The first-order chi connectivity index (χ1) is 7.52. The molecule has 2 unspecified atom stereocenters. The Bertz CT molecular complexity index is 196. The van der Waals surface area contributed by atoms with Crippen LogP contribution in [0.15, 0.2) is 11.1 Å². The Hall–Kier alpha value is -0.260. The molecular weight excluding hydrogens is 192 g/mol. The number of hydrogen-bond donors (Lipinski definition) is 0. The molecule has 0 aliphatic heterocycles. The first-order valence-electron chi connectivity index (χ1n) is 7.18. The van der Waals surface area contributed by atoms with Crippen LogP contribution in [0.5, 0.6) is 0 Å². The minimum absolute atomic E-state index is 0.881. The van der Waals surface area contributed by atoms with Gasteiger partial charge >= 0.3 is 0 Å². The molecule has 0 amide bonds. The van der Waals surface area contributed by atoms with Crippen molar-refractivity contribution in [1.82, 2.24) is 0 Å². The van der Waals surface area contributed by atoms with Gasteiger partial charge < -0.3 is 0 Å². The summed E-state index contributed by atoms with van der Waals surface area (Å²) in [4.78, 5) is 0. The predicted octanol–water partition coefficient (Wildman–Crippen LogP) is 5.98. The molecule has 0 radical (unpaired) electrons. The molecule has 0 spiro atoms. The van der Waals surface area contributed by atoms with E-state index in [4.69, 9.17) is 0 Å². The molecule has 0 aliphatic carbocycles. The molecule has 96 valence electrons. The van der Waals surface area contributed by atoms with Gasteiger partial charge in [-0.3, -0.25) is 0 Å². The lowest BCUT2D eigenvalue weighted by atomic mass is 9.86. The van der Waals surface area contributed by atoms with Gasteiger partial charge in [0.1, 0.15) is 0 Å². The van der Waals surface area contributed by atoms with Crippen LogP contribution in [-0.4, -0.2) is 0 Å². The second-order valence-electron chi connectivity index (χ2n) is 5.64. The van der Waals surface area contributed by atoms with Gasteiger partial charge in [-0.15, -0.1) is 0 Å². The molecule has 0 bridgehead atoms. The maximum atomic E-state index is 2.43. The third-order valence-corrected chi connectivity index (χ3v) is 3.88. The zero-order valence-electron chi connectivity index (χ0n) is 12.4. The quantitative estimate of drug-likeness (QED) is 0.445. The molecule has 0 nitrogen and oxygen atoms in total. The van der Waals surface area contributed by atoms with E-state index < -0.39 is 0 Å². The Kier molecular flexibility index (Phi) is 8.70. The zero-order chi connectivity index (χ0) is 12.6. The van der Waals surface area contributed by atoms with Crippen LogP contribution in [0.3, 0.4) is 0 Å². The van der Waals surface area contributed by atoms with Gasteiger partial charge in [-0.1, -0.05) is 58.1 Å². The molecule has 0 saturated carbocycles. The van der Waals surface area contributed by atoms with Crippen LogP contribution < -0.4 is 0 Å². The Morgan fingerprint density at radius 1 is 0.812 bits per heavy atom. The monoisotopic (exact) mass is 224 g/mol. The summed E-state index contributed by atoms with van der Waals surface area (Å²) in [5.74, 6) is 1.77. The lowest BCUT2D eigenvalue weighted by molar-refractivity contribution is 0.340. The van der Waals surface area contributed by atoms with Gasteiger partial charge in [-0.2, -0.15) is 0 Å². The SMILES string of the molecule is CCCC(CCC(C)C(C)CCC)=C(C)C. The van der Waals surface area contributed by atoms with Crippen LogP contribution in [0, 0.1) is 11.8 Å². The van der Waals surface area contributed by atoms with Gasteiger partial charge in [-0.25, -0.2) is 0 Å². The summed E-state index contributed by atoms with van der Waals surface area (Å²) in [5.41, 5.74) is 3.26. The van der Waals surface area contributed by atoms with Crippen molar-refractivity contribution in [3.05, 3.63) is 11.1 Å². The second-order valence-corrected chi connectivity index (χ2v) is 5.64. The molecule has 0 heteroatoms. The van der Waals surface area contributed by atoms with Gasteiger partial charge in [0.05, 0.1) is 0 Å². The van der Waals surface area contributed by atoms with E-state index in [0.717, 1.165) is 11.8 Å². The van der Waals surface area contributed by atoms with Crippen LogP contribution in [-0.2, 0) is 0 Å². The minimum atomic E-state index is 0.881. The summed E-state index contributed by atoms with van der Waals surface area (Å²) < 4.78 is 0. The molecule has 0 fully saturated rings. The molecule has 0 N–H and O–H groups in total. The lowest BCUT2D eigenvalue weighted by Crippen LogP contribution is -2.08. The molecule has 0 aromatic carbocycles. The Labute approximate surface area is 104 Å². The predicted molar refractivity (Wildman–Crippen MR) is 75.8 cm³/mol. The van der Waals surface area contributed by atoms with Gasteiger partial charge in [0.15, 0.2) is 0 Å². The molecule has 0 heterocycles. The van der Waals surface area contributed by atoms with Crippen molar-refractivity contribution >= 4 is 0 Å². The summed E-state index contributed by atoms with van der Waals surface area (Å²) in [5, 5.41) is 0. The average Bonchev–Trinajstić information content (AvgIpc) is 2.23. The fourth-order valence-electron chi connectivity index (χ4n) is 2.35. The van der Waals surface area contributed by atoms with Crippen LogP contribution >= 0.6 is 0 Å². The van der Waals surface area contributed by atoms with E-state index >= 15 is 0 Å². The second kappa shape index (κ2) is 8.84. The van der Waals surface area contributed by atoms with E-state index in [-0.39, 0.29) is 0 Å². The fraction of sp³-hybridized carbons (Fsp3) is 0.875. The summed E-state index contributed by atoms with van der Waals surface area (Å²) in [6.07, 6.45) is 8.01. The van der Waals surface area contributed by atoms with Crippen molar-refractivity contribution in [3.63, 3.8) is 0 Å². The van der Waals surface area contributed by atoms with Crippen molar-refractivity contribution in [1.29, 1.82) is 0 Å². The minimum Gasteiger partial charge on any atom is -0.0772 e. The highest BCUT2D eigenvalue weighted by atomic mass is 14.2. The van der Waals surface area contributed by atoms with Crippen LogP contribution in [0.4, 0.5) is 0 Å². The molecule has 0 aromatic rings. The van der Waals surface area contributed by atoms with Crippen LogP contribution in [0.25, 0.3) is 0 Å². The smallest absolute Gasteiger partial charge is 0.0315 e. The highest BCUT2D eigenvalue weighted by molar-refractivity contribution is 5.09. The first kappa shape index (κ1) is 15.7. The Balaban J connectivity index is 4.06. The molecule has 0 aliphatic rings. The number of hydrogen-bond acceptors (Lipinski definition) is 0. The third-order valence-electron chi connectivity index (χ3n) is 3.88. The maximum absolute atomic E-state index is 2.43. The highest BCUT2D eigenvalue weighted by Gasteiger charge is 2.12. The van der Waals surface area contributed by atoms with E-state index in [1.807, 2.05) is 0 Å². The van der Waals surface area contributed by atoms with E-state index in [1.165, 1.54) is 38.5 Å². The number of rotatable bonds is 8. The third kappa shape index (κ3) is 6.35. The van der Waals surface area contributed by atoms with E-state index in [2.05, 4.69) is 41.5 Å². The summed E-state index contributed by atoms with van der Waals surface area (Å²) in [6, 6.07) is 0. The first-order valence-corrected chi connectivity index (χ1v) is 7.18. The van der Waals surface area contributed by atoms with Gasteiger partial charge in [0.2, 0.25) is 0 Å². The average molecular weight is 224 g/mol. The van der Waals surface area contributed by atoms with Gasteiger partial charge in [-0.05, 0) is 44.9 Å². The van der Waals surface area contributed by atoms with Crippen molar-refractivity contribution in [3.8, 4) is 0 Å². The zero-order valence-corrected chi connectivity index (χ0v) is 12.4. The summed E-state index contributed by atoms with van der Waals surface area (Å²) >= 11 is 0. The van der Waals surface area contributed by atoms with Crippen molar-refractivity contribution < 1.29 is 0 Å². The van der Waals surface area contributed by atoms with Crippen molar-refractivity contribution in [2.75, 3.05) is 0 Å². The molecule has 0 saturated heterocycles. The standard InChI is InChI=1S/C16H32/c1-7-9-14(5)15(6)11-12-16(10-8-2)13(3)4/h14-15H,7-12H2,1-6H3. The van der Waals surface area contributed by atoms with Crippen molar-refractivity contribution in [2.45, 2.75) is 80.1 Å². The molecule has 0 aromatic heterocycles. The maximum Gasteiger partial charge on any atom is -0.0315 e. The van der Waals surface area contributed by atoms with Gasteiger partial charge in [0, 0.05) is 0 Å². The molecule has 16 heavy (non-hydrogen) atoms. The molecule has 0 rings (SSSR count). The van der Waals surface area contributed by atoms with E-state index in [9.17, 15) is 0 Å². The van der Waals surface area contributed by atoms with Crippen LogP contribution in [0.2, 0.25) is 0 Å². The Morgan fingerprint density at radius 3 is 1.81 bits per heavy atom. The van der Waals surface area contributed by atoms with E-state index in [1.54, 1.807) is 11.1 Å². The summed E-state index contributed by atoms with van der Waals surface area (Å²) in [7, 11) is 0. The normalized spacial score (nSPS) is 14.6. The molecular formula is C16H32. The van der Waals surface area contributed by atoms with Gasteiger partial charge in [0.25, 0.3) is 0 Å². The lowest BCUT2D eigenvalue weighted by Gasteiger charge is -2.20. The summed E-state index contributed by atoms with van der Waals surface area (Å²) in [6.45, 7) is 14.0. The topological polar surface area (TPSA) is 0 Å². The Morgan fingerprint density at radius 2 is 1.38 bits per heavy atom. The van der Waals surface area contributed by atoms with Crippen molar-refractivity contribution in [2.24, 2.45) is 11.8 Å². The molecule has 2 atom stereocenters.